The van der Waals surface area contributed by atoms with Gasteiger partial charge in [-0.15, -0.1) is 0 Å². The van der Waals surface area contributed by atoms with Gasteiger partial charge in [-0.2, -0.15) is 13.2 Å². The van der Waals surface area contributed by atoms with E-state index in [0.717, 1.165) is 12.1 Å². The molecule has 0 aliphatic rings. The highest BCUT2D eigenvalue weighted by molar-refractivity contribution is 7.80. The molecule has 0 spiro atoms. The number of imidazole rings is 1. The molecule has 0 aliphatic carbocycles. The van der Waals surface area contributed by atoms with Gasteiger partial charge in [0.1, 0.15) is 0 Å². The van der Waals surface area contributed by atoms with Crippen LogP contribution in [-0.4, -0.2) is 21.0 Å². The lowest BCUT2D eigenvalue weighted by molar-refractivity contribution is -0.137. The number of nitrogens with zero attached hydrogens (tertiary/aromatic N) is 1. The average molecular weight is 448 g/mol. The number of hydrogen-bond acceptors (Lipinski definition) is 3. The number of carbonyl (C=O) groups is 1. The van der Waals surface area contributed by atoms with E-state index in [1.165, 1.54) is 6.07 Å². The zero-order valence-electron chi connectivity index (χ0n) is 13.6. The number of hydrogen-bond donors (Lipinski definition) is 4. The maximum absolute atomic E-state index is 12.8. The average Bonchev–Trinajstić information content (AvgIpc) is 3.06. The Kier molecular flexibility index (Phi) is 5.64. The first-order valence-electron chi connectivity index (χ1n) is 7.53. The van der Waals surface area contributed by atoms with Crippen LogP contribution in [0.1, 0.15) is 16.2 Å². The first-order chi connectivity index (χ1) is 13.1. The summed E-state index contributed by atoms with van der Waals surface area (Å²) in [7, 11) is 0. The van der Waals surface area contributed by atoms with Crippen molar-refractivity contribution in [3.63, 3.8) is 0 Å². The van der Waals surface area contributed by atoms with E-state index < -0.39 is 17.6 Å². The number of aromatic nitrogens is 2. The Morgan fingerprint density at radius 1 is 1.14 bits per heavy atom. The monoisotopic (exact) mass is 447 g/mol. The number of aromatic amines is 1. The Labute approximate surface area is 171 Å². The number of anilines is 1. The number of carbonyl (C=O) groups excluding carboxylic acids is 1. The van der Waals surface area contributed by atoms with Gasteiger partial charge in [-0.3, -0.25) is 15.6 Å². The van der Waals surface area contributed by atoms with Crippen LogP contribution >= 0.6 is 35.4 Å². The first-order valence-corrected chi connectivity index (χ1v) is 8.70. The quantitative estimate of drug-likeness (QED) is 0.343. The van der Waals surface area contributed by atoms with Gasteiger partial charge in [0.2, 0.25) is 0 Å². The Morgan fingerprint density at radius 2 is 1.89 bits per heavy atom. The topological polar surface area (TPSA) is 81.8 Å². The molecule has 0 bridgehead atoms. The third-order valence-electron chi connectivity index (χ3n) is 3.51. The number of benzene rings is 2. The highest BCUT2D eigenvalue weighted by atomic mass is 35.5. The Morgan fingerprint density at radius 3 is 2.61 bits per heavy atom. The zero-order valence-corrected chi connectivity index (χ0v) is 15.9. The molecule has 6 nitrogen and oxygen atoms in total. The smallest absolute Gasteiger partial charge is 0.334 e. The van der Waals surface area contributed by atoms with Gasteiger partial charge in [0.25, 0.3) is 0 Å². The molecular formula is C16H10Cl2F3N5OS. The van der Waals surface area contributed by atoms with Gasteiger partial charge in [-0.25, -0.2) is 4.98 Å². The van der Waals surface area contributed by atoms with Crippen LogP contribution in [0.25, 0.3) is 11.0 Å². The normalized spacial score (nSPS) is 11.3. The predicted molar refractivity (Wildman–Crippen MR) is 104 cm³/mol. The second-order valence-electron chi connectivity index (χ2n) is 5.45. The fourth-order valence-corrected chi connectivity index (χ4v) is 2.73. The largest absolute Gasteiger partial charge is 0.416 e. The van der Waals surface area contributed by atoms with Gasteiger partial charge in [0.15, 0.2) is 10.9 Å². The lowest BCUT2D eigenvalue weighted by atomic mass is 10.2. The fourth-order valence-electron chi connectivity index (χ4n) is 2.22. The van der Waals surface area contributed by atoms with Crippen molar-refractivity contribution in [2.24, 2.45) is 0 Å². The van der Waals surface area contributed by atoms with Crippen LogP contribution < -0.4 is 16.2 Å². The van der Waals surface area contributed by atoms with Gasteiger partial charge in [0.05, 0.1) is 32.3 Å². The molecule has 1 heterocycles. The summed E-state index contributed by atoms with van der Waals surface area (Å²) in [4.78, 5) is 18.6. The van der Waals surface area contributed by atoms with Gasteiger partial charge >= 0.3 is 12.1 Å². The van der Waals surface area contributed by atoms with Crippen molar-refractivity contribution in [2.75, 3.05) is 5.32 Å². The highest BCUT2D eigenvalue weighted by Gasteiger charge is 2.30. The minimum Gasteiger partial charge on any atom is -0.334 e. The molecule has 1 aromatic heterocycles. The molecule has 0 saturated carbocycles. The number of thiocarbonyl (C=S) groups is 1. The van der Waals surface area contributed by atoms with E-state index in [1.807, 2.05) is 0 Å². The van der Waals surface area contributed by atoms with Crippen LogP contribution in [0.5, 0.6) is 0 Å². The number of hydrazine groups is 1. The van der Waals surface area contributed by atoms with Crippen molar-refractivity contribution < 1.29 is 18.0 Å². The van der Waals surface area contributed by atoms with Crippen molar-refractivity contribution in [3.05, 3.63) is 57.8 Å². The first kappa shape index (κ1) is 20.2. The van der Waals surface area contributed by atoms with Crippen molar-refractivity contribution in [1.82, 2.24) is 20.8 Å². The Bertz CT molecular complexity index is 1070. The second-order valence-corrected chi connectivity index (χ2v) is 6.64. The van der Waals surface area contributed by atoms with E-state index in [0.29, 0.717) is 10.7 Å². The van der Waals surface area contributed by atoms with Gasteiger partial charge in [-0.1, -0.05) is 29.3 Å². The molecular weight excluding hydrogens is 438 g/mol. The molecule has 0 saturated heterocycles. The lowest BCUT2D eigenvalue weighted by Gasteiger charge is -2.12. The lowest BCUT2D eigenvalue weighted by Crippen LogP contribution is -2.44. The summed E-state index contributed by atoms with van der Waals surface area (Å²) in [6.45, 7) is 0. The fraction of sp³-hybridized carbons (Fsp3) is 0.0625. The van der Waals surface area contributed by atoms with Crippen LogP contribution in [0.3, 0.4) is 0 Å². The molecule has 0 atom stereocenters. The van der Waals surface area contributed by atoms with Gasteiger partial charge in [0, 0.05) is 0 Å². The third kappa shape index (κ3) is 4.46. The maximum Gasteiger partial charge on any atom is 0.416 e. The number of rotatable bonds is 2. The van der Waals surface area contributed by atoms with Gasteiger partial charge < -0.3 is 10.3 Å². The maximum atomic E-state index is 12.8. The number of halogens is 5. The number of amides is 1. The Balaban J connectivity index is 1.66. The van der Waals surface area contributed by atoms with Crippen molar-refractivity contribution >= 4 is 63.2 Å². The van der Waals surface area contributed by atoms with Crippen LogP contribution in [0, 0.1) is 0 Å². The van der Waals surface area contributed by atoms with E-state index in [2.05, 4.69) is 26.1 Å². The number of fused-ring (bicyclic) bond motifs is 1. The molecule has 0 aliphatic heterocycles. The van der Waals surface area contributed by atoms with E-state index in [-0.39, 0.29) is 27.0 Å². The number of H-pyrrole nitrogens is 1. The van der Waals surface area contributed by atoms with E-state index in [4.69, 9.17) is 35.4 Å². The predicted octanol–water partition coefficient (Wildman–Crippen LogP) is 4.52. The zero-order chi connectivity index (χ0) is 20.5. The number of nitrogens with one attached hydrogen (secondary N) is 4. The van der Waals surface area contributed by atoms with Gasteiger partial charge in [-0.05, 0) is 42.5 Å². The minimum absolute atomic E-state index is 0.00739. The van der Waals surface area contributed by atoms with Crippen LogP contribution in [0.15, 0.2) is 36.4 Å². The molecule has 3 aromatic rings. The summed E-state index contributed by atoms with van der Waals surface area (Å²) in [6.07, 6.45) is -4.50. The molecule has 0 unspecified atom stereocenters. The molecule has 2 aromatic carbocycles. The molecule has 28 heavy (non-hydrogen) atoms. The summed E-state index contributed by atoms with van der Waals surface area (Å²) in [5.41, 5.74) is 4.57. The molecule has 4 N–H and O–H groups in total. The van der Waals surface area contributed by atoms with Crippen molar-refractivity contribution in [2.45, 2.75) is 6.18 Å². The summed E-state index contributed by atoms with van der Waals surface area (Å²) in [6, 6.07) is 7.81. The minimum atomic E-state index is -4.50. The highest BCUT2D eigenvalue weighted by Crippen LogP contribution is 2.31. The van der Waals surface area contributed by atoms with Crippen molar-refractivity contribution in [1.29, 1.82) is 0 Å². The summed E-state index contributed by atoms with van der Waals surface area (Å²) < 4.78 is 38.3. The Hall–Kier alpha value is -2.56. The third-order valence-corrected chi connectivity index (χ3v) is 4.54. The molecule has 0 fully saturated rings. The summed E-state index contributed by atoms with van der Waals surface area (Å²) >= 11 is 17.0. The molecule has 146 valence electrons. The molecule has 12 heteroatoms. The molecule has 3 rings (SSSR count). The summed E-state index contributed by atoms with van der Waals surface area (Å²) in [5.74, 6) is -0.920. The van der Waals surface area contributed by atoms with Crippen molar-refractivity contribution in [3.8, 4) is 0 Å². The SMILES string of the molecule is O=C(NNC(=S)Nc1cccc(Cl)c1Cl)c1nc2ccc(C(F)(F)F)cc2[nH]1. The molecule has 1 amide bonds. The van der Waals surface area contributed by atoms with E-state index >= 15 is 0 Å². The standard InChI is InChI=1S/C16H10Cl2F3N5OS/c17-8-2-1-3-10(12(8)18)24-15(28)26-25-14(27)13-22-9-5-4-7(16(19,20)21)6-11(9)23-13/h1-6H,(H,22,23)(H,25,27)(H2,24,26,28). The van der Waals surface area contributed by atoms with Crippen LogP contribution in [0.2, 0.25) is 10.0 Å². The van der Waals surface area contributed by atoms with E-state index in [9.17, 15) is 18.0 Å². The second kappa shape index (κ2) is 7.82. The van der Waals surface area contributed by atoms with E-state index in [1.54, 1.807) is 18.2 Å². The summed E-state index contributed by atoms with van der Waals surface area (Å²) in [5, 5.41) is 3.32. The van der Waals surface area contributed by atoms with Crippen LogP contribution in [0.4, 0.5) is 18.9 Å². The van der Waals surface area contributed by atoms with Crippen LogP contribution in [-0.2, 0) is 6.18 Å². The number of alkyl halides is 3. The molecule has 0 radical (unpaired) electrons.